The first kappa shape index (κ1) is 11.3. The van der Waals surface area contributed by atoms with Gasteiger partial charge in [-0.15, -0.1) is 0 Å². The Balaban J connectivity index is 2.42. The van der Waals surface area contributed by atoms with Gasteiger partial charge in [-0.05, 0) is 31.6 Å². The fourth-order valence-electron chi connectivity index (χ4n) is 2.03. The molecule has 0 amide bonds. The molecule has 1 fully saturated rings. The highest BCUT2D eigenvalue weighted by atomic mass is 32.2. The van der Waals surface area contributed by atoms with E-state index in [1.54, 1.807) is 0 Å². The smallest absolute Gasteiger partial charge is 0.0613 e. The number of likely N-dealkylation sites (N-methyl/N-ethyl adjacent to an activating group) is 1. The zero-order valence-electron chi connectivity index (χ0n) is 8.84. The molecule has 0 aromatic heterocycles. The van der Waals surface area contributed by atoms with Crippen molar-refractivity contribution in [2.75, 3.05) is 13.7 Å². The zero-order chi connectivity index (χ0) is 9.90. The van der Waals surface area contributed by atoms with Crippen molar-refractivity contribution < 1.29 is 5.11 Å². The van der Waals surface area contributed by atoms with Gasteiger partial charge in [0, 0.05) is 10.8 Å². The highest BCUT2D eigenvalue weighted by Gasteiger charge is 2.37. The van der Waals surface area contributed by atoms with Crippen molar-refractivity contribution in [2.24, 2.45) is 0 Å². The Morgan fingerprint density at radius 2 is 2.31 bits per heavy atom. The van der Waals surface area contributed by atoms with Crippen molar-refractivity contribution in [1.82, 2.24) is 5.32 Å². The molecule has 2 unspecified atom stereocenters. The van der Waals surface area contributed by atoms with Crippen LogP contribution in [-0.4, -0.2) is 34.8 Å². The number of thioether (sulfide) groups is 1. The second-order valence-electron chi connectivity index (χ2n) is 4.24. The maximum Gasteiger partial charge on any atom is 0.0613 e. The van der Waals surface area contributed by atoms with Crippen LogP contribution in [0.3, 0.4) is 0 Å². The van der Waals surface area contributed by atoms with E-state index < -0.39 is 0 Å². The largest absolute Gasteiger partial charge is 0.394 e. The van der Waals surface area contributed by atoms with Crippen molar-refractivity contribution >= 4 is 11.8 Å². The first-order valence-electron chi connectivity index (χ1n) is 5.07. The summed E-state index contributed by atoms with van der Waals surface area (Å²) in [7, 11) is 1.96. The molecule has 0 aromatic rings. The molecule has 3 heteroatoms. The zero-order valence-corrected chi connectivity index (χ0v) is 9.66. The predicted molar refractivity (Wildman–Crippen MR) is 59.2 cm³/mol. The Morgan fingerprint density at radius 3 is 2.69 bits per heavy atom. The van der Waals surface area contributed by atoms with E-state index in [0.717, 1.165) is 18.1 Å². The lowest BCUT2D eigenvalue weighted by atomic mass is 10.00. The lowest BCUT2D eigenvalue weighted by Gasteiger charge is -2.26. The summed E-state index contributed by atoms with van der Waals surface area (Å²) in [5, 5.41) is 14.0. The summed E-state index contributed by atoms with van der Waals surface area (Å²) in [6, 6.07) is 0. The van der Waals surface area contributed by atoms with Gasteiger partial charge in [0.1, 0.15) is 0 Å². The quantitative estimate of drug-likeness (QED) is 0.728. The molecule has 2 nitrogen and oxygen atoms in total. The standard InChI is InChI=1S/C10H21NOS/c1-8(2)13-9-4-5-10(6-9,7-12)11-3/h8-9,11-12H,4-7H2,1-3H3. The van der Waals surface area contributed by atoms with Crippen LogP contribution in [0.15, 0.2) is 0 Å². The SMILES string of the molecule is CNC1(CO)CCC(SC(C)C)C1. The van der Waals surface area contributed by atoms with E-state index in [-0.39, 0.29) is 12.1 Å². The van der Waals surface area contributed by atoms with E-state index >= 15 is 0 Å². The van der Waals surface area contributed by atoms with Crippen LogP contribution in [0.25, 0.3) is 0 Å². The fourth-order valence-corrected chi connectivity index (χ4v) is 3.47. The molecule has 0 bridgehead atoms. The fraction of sp³-hybridized carbons (Fsp3) is 1.00. The number of rotatable bonds is 4. The molecule has 0 aliphatic heterocycles. The number of aliphatic hydroxyl groups is 1. The summed E-state index contributed by atoms with van der Waals surface area (Å²) in [6.07, 6.45) is 3.47. The Hall–Kier alpha value is 0.270. The Labute approximate surface area is 85.5 Å². The van der Waals surface area contributed by atoms with Crippen molar-refractivity contribution in [3.05, 3.63) is 0 Å². The molecule has 78 valence electrons. The van der Waals surface area contributed by atoms with Crippen LogP contribution in [-0.2, 0) is 0 Å². The van der Waals surface area contributed by atoms with Crippen LogP contribution in [0.2, 0.25) is 0 Å². The van der Waals surface area contributed by atoms with Crippen LogP contribution < -0.4 is 5.32 Å². The third-order valence-corrected chi connectivity index (χ3v) is 4.19. The molecular formula is C10H21NOS. The van der Waals surface area contributed by atoms with Gasteiger partial charge in [0.05, 0.1) is 6.61 Å². The summed E-state index contributed by atoms with van der Waals surface area (Å²) >= 11 is 2.04. The van der Waals surface area contributed by atoms with Gasteiger partial charge in [0.25, 0.3) is 0 Å². The lowest BCUT2D eigenvalue weighted by molar-refractivity contribution is 0.173. The molecule has 1 rings (SSSR count). The molecule has 1 saturated carbocycles. The minimum Gasteiger partial charge on any atom is -0.394 e. The number of hydrogen-bond donors (Lipinski definition) is 2. The average Bonchev–Trinajstić information content (AvgIpc) is 2.48. The van der Waals surface area contributed by atoms with Crippen LogP contribution in [0.4, 0.5) is 0 Å². The second-order valence-corrected chi connectivity index (χ2v) is 6.12. The molecule has 13 heavy (non-hydrogen) atoms. The maximum absolute atomic E-state index is 9.30. The van der Waals surface area contributed by atoms with Crippen LogP contribution in [0, 0.1) is 0 Å². The van der Waals surface area contributed by atoms with Crippen molar-refractivity contribution in [3.8, 4) is 0 Å². The molecule has 2 N–H and O–H groups in total. The van der Waals surface area contributed by atoms with Crippen molar-refractivity contribution in [1.29, 1.82) is 0 Å². The van der Waals surface area contributed by atoms with Gasteiger partial charge in [-0.25, -0.2) is 0 Å². The van der Waals surface area contributed by atoms with E-state index in [9.17, 15) is 5.11 Å². The van der Waals surface area contributed by atoms with Gasteiger partial charge in [0.2, 0.25) is 0 Å². The highest BCUT2D eigenvalue weighted by molar-refractivity contribution is 8.00. The molecule has 0 spiro atoms. The van der Waals surface area contributed by atoms with Gasteiger partial charge in [-0.3, -0.25) is 0 Å². The molecule has 0 radical (unpaired) electrons. The summed E-state index contributed by atoms with van der Waals surface area (Å²) in [5.74, 6) is 0. The van der Waals surface area contributed by atoms with E-state index in [4.69, 9.17) is 0 Å². The van der Waals surface area contributed by atoms with Gasteiger partial charge >= 0.3 is 0 Å². The normalized spacial score (nSPS) is 34.4. The van der Waals surface area contributed by atoms with E-state index in [1.807, 2.05) is 18.8 Å². The number of nitrogens with one attached hydrogen (secondary N) is 1. The first-order chi connectivity index (χ1) is 6.12. The Kier molecular flexibility index (Phi) is 4.07. The third kappa shape index (κ3) is 2.86. The maximum atomic E-state index is 9.30. The lowest BCUT2D eigenvalue weighted by Crippen LogP contribution is -2.44. The molecule has 0 aromatic carbocycles. The van der Waals surface area contributed by atoms with E-state index in [1.165, 1.54) is 6.42 Å². The minimum absolute atomic E-state index is 0.0204. The van der Waals surface area contributed by atoms with E-state index in [2.05, 4.69) is 19.2 Å². The van der Waals surface area contributed by atoms with Gasteiger partial charge in [-0.1, -0.05) is 13.8 Å². The average molecular weight is 203 g/mol. The monoisotopic (exact) mass is 203 g/mol. The minimum atomic E-state index is 0.0204. The van der Waals surface area contributed by atoms with Gasteiger partial charge < -0.3 is 10.4 Å². The summed E-state index contributed by atoms with van der Waals surface area (Å²) in [4.78, 5) is 0. The van der Waals surface area contributed by atoms with Crippen LogP contribution >= 0.6 is 11.8 Å². The van der Waals surface area contributed by atoms with Crippen LogP contribution in [0.1, 0.15) is 33.1 Å². The second kappa shape index (κ2) is 4.67. The molecule has 1 aliphatic rings. The van der Waals surface area contributed by atoms with Gasteiger partial charge in [0.15, 0.2) is 0 Å². The van der Waals surface area contributed by atoms with E-state index in [0.29, 0.717) is 5.25 Å². The number of aliphatic hydroxyl groups excluding tert-OH is 1. The van der Waals surface area contributed by atoms with Gasteiger partial charge in [-0.2, -0.15) is 11.8 Å². The summed E-state index contributed by atoms with van der Waals surface area (Å²) in [5.41, 5.74) is 0.0204. The Bertz CT molecular complexity index is 157. The Morgan fingerprint density at radius 1 is 1.62 bits per heavy atom. The highest BCUT2D eigenvalue weighted by Crippen LogP contribution is 2.38. The molecule has 2 atom stereocenters. The summed E-state index contributed by atoms with van der Waals surface area (Å²) in [6.45, 7) is 4.75. The predicted octanol–water partition coefficient (Wildman–Crippen LogP) is 1.63. The molecular weight excluding hydrogens is 182 g/mol. The third-order valence-electron chi connectivity index (χ3n) is 2.86. The van der Waals surface area contributed by atoms with Crippen molar-refractivity contribution in [2.45, 2.75) is 49.1 Å². The molecule has 0 heterocycles. The topological polar surface area (TPSA) is 32.3 Å². The van der Waals surface area contributed by atoms with Crippen molar-refractivity contribution in [3.63, 3.8) is 0 Å². The van der Waals surface area contributed by atoms with Crippen LogP contribution in [0.5, 0.6) is 0 Å². The first-order valence-corrected chi connectivity index (χ1v) is 6.01. The summed E-state index contributed by atoms with van der Waals surface area (Å²) < 4.78 is 0. The number of hydrogen-bond acceptors (Lipinski definition) is 3. The molecule has 1 aliphatic carbocycles. The molecule has 0 saturated heterocycles.